The summed E-state index contributed by atoms with van der Waals surface area (Å²) in [4.78, 5) is 22.4. The van der Waals surface area contributed by atoms with Gasteiger partial charge in [-0.2, -0.15) is 0 Å². The molecule has 5 nitrogen and oxygen atoms in total. The molecule has 0 aliphatic carbocycles. The molecule has 86 valence electrons. The Morgan fingerprint density at radius 2 is 2.06 bits per heavy atom. The summed E-state index contributed by atoms with van der Waals surface area (Å²) in [6.07, 6.45) is 0. The third-order valence-corrected chi connectivity index (χ3v) is 2.16. The lowest BCUT2D eigenvalue weighted by atomic mass is 10.1. The molecule has 0 radical (unpaired) electrons. The maximum atomic E-state index is 11.5. The predicted octanol–water partition coefficient (Wildman–Crippen LogP) is 0.176. The lowest BCUT2D eigenvalue weighted by molar-refractivity contribution is -0.119. The molecule has 0 heterocycles. The fraction of sp³-hybridized carbons (Fsp3) is 0.273. The summed E-state index contributed by atoms with van der Waals surface area (Å²) in [5.74, 6) is -0.601. The van der Waals surface area contributed by atoms with Gasteiger partial charge in [-0.3, -0.25) is 9.59 Å². The van der Waals surface area contributed by atoms with Gasteiger partial charge in [-0.15, -0.1) is 0 Å². The first kappa shape index (κ1) is 12.0. The van der Waals surface area contributed by atoms with Crippen molar-refractivity contribution in [3.63, 3.8) is 0 Å². The number of phenolic OH excluding ortho intramolecular Hbond substituents is 1. The van der Waals surface area contributed by atoms with E-state index in [4.69, 9.17) is 0 Å². The monoisotopic (exact) mass is 222 g/mol. The molecule has 0 saturated carbocycles. The highest BCUT2D eigenvalue weighted by molar-refractivity contribution is 5.96. The van der Waals surface area contributed by atoms with Crippen LogP contribution in [0.3, 0.4) is 0 Å². The number of amides is 2. The molecule has 0 bridgehead atoms. The Kier molecular flexibility index (Phi) is 3.88. The number of phenols is 1. The maximum Gasteiger partial charge on any atom is 0.251 e. The Morgan fingerprint density at radius 3 is 2.62 bits per heavy atom. The number of nitrogens with one attached hydrogen (secondary N) is 2. The van der Waals surface area contributed by atoms with Crippen molar-refractivity contribution < 1.29 is 14.7 Å². The highest BCUT2D eigenvalue weighted by Crippen LogP contribution is 2.17. The highest BCUT2D eigenvalue weighted by Gasteiger charge is 2.08. The van der Waals surface area contributed by atoms with E-state index in [1.54, 1.807) is 19.1 Å². The zero-order valence-electron chi connectivity index (χ0n) is 9.20. The molecule has 0 aromatic heterocycles. The molecule has 0 atom stereocenters. The molecule has 1 aromatic carbocycles. The molecule has 16 heavy (non-hydrogen) atoms. The molecular formula is C11H14N2O3. The first-order valence-electron chi connectivity index (χ1n) is 4.83. The SMILES string of the molecule is CNC(=O)CNC(=O)c1ccc(C)c(O)c1. The highest BCUT2D eigenvalue weighted by atomic mass is 16.3. The minimum absolute atomic E-state index is 0.0626. The van der Waals surface area contributed by atoms with E-state index in [0.29, 0.717) is 11.1 Å². The Balaban J connectivity index is 2.66. The van der Waals surface area contributed by atoms with Gasteiger partial charge < -0.3 is 15.7 Å². The van der Waals surface area contributed by atoms with Gasteiger partial charge in [0.2, 0.25) is 5.91 Å². The van der Waals surface area contributed by atoms with E-state index in [1.807, 2.05) is 0 Å². The molecule has 1 rings (SSSR count). The van der Waals surface area contributed by atoms with Gasteiger partial charge in [0.05, 0.1) is 6.54 Å². The molecule has 2 amide bonds. The topological polar surface area (TPSA) is 78.4 Å². The number of likely N-dealkylation sites (N-methyl/N-ethyl adjacent to an activating group) is 1. The van der Waals surface area contributed by atoms with Gasteiger partial charge in [0.1, 0.15) is 5.75 Å². The van der Waals surface area contributed by atoms with Crippen molar-refractivity contribution in [1.82, 2.24) is 10.6 Å². The number of hydrogen-bond donors (Lipinski definition) is 3. The van der Waals surface area contributed by atoms with Crippen molar-refractivity contribution in [2.24, 2.45) is 0 Å². The minimum Gasteiger partial charge on any atom is -0.508 e. The smallest absolute Gasteiger partial charge is 0.251 e. The standard InChI is InChI=1S/C11H14N2O3/c1-7-3-4-8(5-9(7)14)11(16)13-6-10(15)12-2/h3-5,14H,6H2,1-2H3,(H,12,15)(H,13,16). The summed E-state index contributed by atoms with van der Waals surface area (Å²) in [6.45, 7) is 1.66. The first-order chi connectivity index (χ1) is 7.54. The van der Waals surface area contributed by atoms with Gasteiger partial charge in [0.15, 0.2) is 0 Å². The van der Waals surface area contributed by atoms with Crippen molar-refractivity contribution in [2.75, 3.05) is 13.6 Å². The average molecular weight is 222 g/mol. The van der Waals surface area contributed by atoms with E-state index in [0.717, 1.165) is 0 Å². The van der Waals surface area contributed by atoms with E-state index in [1.165, 1.54) is 13.1 Å². The normalized spacial score (nSPS) is 9.62. The number of benzene rings is 1. The predicted molar refractivity (Wildman–Crippen MR) is 59.2 cm³/mol. The van der Waals surface area contributed by atoms with Crippen LogP contribution in [0.4, 0.5) is 0 Å². The summed E-state index contributed by atoms with van der Waals surface area (Å²) < 4.78 is 0. The van der Waals surface area contributed by atoms with Crippen molar-refractivity contribution >= 4 is 11.8 Å². The second-order valence-electron chi connectivity index (χ2n) is 3.36. The first-order valence-corrected chi connectivity index (χ1v) is 4.83. The Labute approximate surface area is 93.5 Å². The fourth-order valence-electron chi connectivity index (χ4n) is 1.10. The van der Waals surface area contributed by atoms with Crippen molar-refractivity contribution in [1.29, 1.82) is 0 Å². The van der Waals surface area contributed by atoms with Gasteiger partial charge in [-0.25, -0.2) is 0 Å². The molecule has 0 fully saturated rings. The van der Waals surface area contributed by atoms with E-state index in [-0.39, 0.29) is 24.1 Å². The van der Waals surface area contributed by atoms with E-state index < -0.39 is 0 Å². The van der Waals surface area contributed by atoms with Crippen LogP contribution in [-0.2, 0) is 4.79 Å². The van der Waals surface area contributed by atoms with Gasteiger partial charge in [-0.05, 0) is 24.6 Å². The van der Waals surface area contributed by atoms with Crippen LogP contribution in [0.2, 0.25) is 0 Å². The van der Waals surface area contributed by atoms with Crippen LogP contribution in [-0.4, -0.2) is 30.5 Å². The van der Waals surface area contributed by atoms with Crippen molar-refractivity contribution in [2.45, 2.75) is 6.92 Å². The Morgan fingerprint density at radius 1 is 1.38 bits per heavy atom. The number of carbonyl (C=O) groups is 2. The molecule has 0 spiro atoms. The van der Waals surface area contributed by atoms with E-state index >= 15 is 0 Å². The molecule has 5 heteroatoms. The summed E-state index contributed by atoms with van der Waals surface area (Å²) in [5.41, 5.74) is 1.02. The second kappa shape index (κ2) is 5.16. The zero-order chi connectivity index (χ0) is 12.1. The van der Waals surface area contributed by atoms with Gasteiger partial charge in [0.25, 0.3) is 5.91 Å². The zero-order valence-corrected chi connectivity index (χ0v) is 9.20. The van der Waals surface area contributed by atoms with Gasteiger partial charge in [0, 0.05) is 12.6 Å². The van der Waals surface area contributed by atoms with Crippen LogP contribution in [0.1, 0.15) is 15.9 Å². The van der Waals surface area contributed by atoms with Crippen LogP contribution < -0.4 is 10.6 Å². The van der Waals surface area contributed by atoms with E-state index in [2.05, 4.69) is 10.6 Å². The number of aryl methyl sites for hydroxylation is 1. The molecule has 0 unspecified atom stereocenters. The minimum atomic E-state index is -0.390. The molecular weight excluding hydrogens is 208 g/mol. The van der Waals surface area contributed by atoms with Crippen molar-refractivity contribution in [3.05, 3.63) is 29.3 Å². The van der Waals surface area contributed by atoms with Crippen LogP contribution in [0.25, 0.3) is 0 Å². The summed E-state index contributed by atoms with van der Waals surface area (Å²) in [7, 11) is 1.49. The summed E-state index contributed by atoms with van der Waals surface area (Å²) in [5, 5.41) is 14.2. The van der Waals surface area contributed by atoms with Gasteiger partial charge in [-0.1, -0.05) is 6.07 Å². The fourth-order valence-corrected chi connectivity index (χ4v) is 1.10. The molecule has 3 N–H and O–H groups in total. The van der Waals surface area contributed by atoms with Gasteiger partial charge >= 0.3 is 0 Å². The number of aromatic hydroxyl groups is 1. The van der Waals surface area contributed by atoms with E-state index in [9.17, 15) is 14.7 Å². The number of rotatable bonds is 3. The molecule has 0 saturated heterocycles. The number of carbonyl (C=O) groups excluding carboxylic acids is 2. The lowest BCUT2D eigenvalue weighted by Gasteiger charge is -2.05. The third-order valence-electron chi connectivity index (χ3n) is 2.16. The van der Waals surface area contributed by atoms with Crippen LogP contribution in [0, 0.1) is 6.92 Å². The number of hydrogen-bond acceptors (Lipinski definition) is 3. The van der Waals surface area contributed by atoms with Crippen LogP contribution >= 0.6 is 0 Å². The Bertz CT molecular complexity index is 416. The summed E-state index contributed by atoms with van der Waals surface area (Å²) in [6, 6.07) is 4.60. The largest absolute Gasteiger partial charge is 0.508 e. The third kappa shape index (κ3) is 2.98. The molecule has 0 aliphatic rings. The Hall–Kier alpha value is -2.04. The quantitative estimate of drug-likeness (QED) is 0.682. The summed E-state index contributed by atoms with van der Waals surface area (Å²) >= 11 is 0. The maximum absolute atomic E-state index is 11.5. The van der Waals surface area contributed by atoms with Crippen LogP contribution in [0.5, 0.6) is 5.75 Å². The molecule has 1 aromatic rings. The van der Waals surface area contributed by atoms with Crippen LogP contribution in [0.15, 0.2) is 18.2 Å². The average Bonchev–Trinajstić information content (AvgIpc) is 2.29. The molecule has 0 aliphatic heterocycles. The lowest BCUT2D eigenvalue weighted by Crippen LogP contribution is -2.35. The van der Waals surface area contributed by atoms with Crippen molar-refractivity contribution in [3.8, 4) is 5.75 Å². The second-order valence-corrected chi connectivity index (χ2v) is 3.36.